The van der Waals surface area contributed by atoms with Gasteiger partial charge >= 0.3 is 0 Å². The van der Waals surface area contributed by atoms with Crippen LogP contribution in [0.4, 0.5) is 10.1 Å². The number of aromatic hydroxyl groups is 1. The number of likely N-dealkylation sites (tertiary alicyclic amines) is 1. The molecule has 0 radical (unpaired) electrons. The Morgan fingerprint density at radius 1 is 1.17 bits per heavy atom. The van der Waals surface area contributed by atoms with Gasteiger partial charge in [0.25, 0.3) is 0 Å². The number of piperidine rings is 1. The molecule has 1 aliphatic rings. The number of hydrogen-bond donors (Lipinski definition) is 2. The van der Waals surface area contributed by atoms with E-state index >= 15 is 0 Å². The molecule has 1 aliphatic heterocycles. The fraction of sp³-hybridized carbons (Fsp3) is 0.391. The number of amides is 2. The minimum absolute atomic E-state index is 0.0102. The summed E-state index contributed by atoms with van der Waals surface area (Å²) in [6.07, 6.45) is 1.31. The summed E-state index contributed by atoms with van der Waals surface area (Å²) in [5.41, 5.74) is 1.29. The lowest BCUT2D eigenvalue weighted by molar-refractivity contribution is -0.133. The lowest BCUT2D eigenvalue weighted by atomic mass is 9.95. The van der Waals surface area contributed by atoms with E-state index in [-0.39, 0.29) is 41.9 Å². The molecule has 7 heteroatoms. The zero-order chi connectivity index (χ0) is 21.7. The Morgan fingerprint density at radius 3 is 2.43 bits per heavy atom. The van der Waals surface area contributed by atoms with Crippen LogP contribution in [0.5, 0.6) is 5.75 Å². The molecule has 1 heterocycles. The minimum atomic E-state index is -0.297. The van der Waals surface area contributed by atoms with Gasteiger partial charge in [0.1, 0.15) is 11.6 Å². The van der Waals surface area contributed by atoms with Crippen molar-refractivity contribution in [1.82, 2.24) is 9.80 Å². The van der Waals surface area contributed by atoms with Crippen molar-refractivity contribution in [2.75, 3.05) is 32.0 Å². The van der Waals surface area contributed by atoms with Gasteiger partial charge in [0.2, 0.25) is 11.8 Å². The third-order valence-corrected chi connectivity index (χ3v) is 5.81. The summed E-state index contributed by atoms with van der Waals surface area (Å²) in [5.74, 6) is -0.512. The quantitative estimate of drug-likeness (QED) is 0.712. The number of carbonyl (C=O) groups is 2. The molecular formula is C23H28FN3O3. The Hall–Kier alpha value is -2.93. The van der Waals surface area contributed by atoms with Crippen LogP contribution in [0.25, 0.3) is 0 Å². The topological polar surface area (TPSA) is 72.9 Å². The van der Waals surface area contributed by atoms with E-state index in [0.29, 0.717) is 31.6 Å². The second kappa shape index (κ2) is 9.71. The maximum absolute atomic E-state index is 13.1. The Morgan fingerprint density at radius 2 is 1.80 bits per heavy atom. The van der Waals surface area contributed by atoms with Gasteiger partial charge in [-0.05, 0) is 62.7 Å². The number of halogens is 1. The number of carbonyl (C=O) groups excluding carboxylic acids is 2. The van der Waals surface area contributed by atoms with E-state index in [4.69, 9.17) is 0 Å². The van der Waals surface area contributed by atoms with E-state index in [1.165, 1.54) is 18.2 Å². The van der Waals surface area contributed by atoms with Gasteiger partial charge in [-0.25, -0.2) is 4.39 Å². The predicted molar refractivity (Wildman–Crippen MR) is 113 cm³/mol. The van der Waals surface area contributed by atoms with Crippen molar-refractivity contribution in [3.63, 3.8) is 0 Å². The first-order chi connectivity index (χ1) is 14.3. The van der Waals surface area contributed by atoms with Gasteiger partial charge < -0.3 is 15.3 Å². The molecule has 2 aromatic carbocycles. The summed E-state index contributed by atoms with van der Waals surface area (Å²) in [4.78, 5) is 28.9. The third kappa shape index (κ3) is 5.36. The number of phenols is 1. The number of phenolic OH excluding ortho intramolecular Hbond substituents is 1. The second-order valence-corrected chi connectivity index (χ2v) is 7.79. The van der Waals surface area contributed by atoms with Gasteiger partial charge in [0.15, 0.2) is 0 Å². The number of likely N-dealkylation sites (N-methyl/N-ethyl adjacent to an activating group) is 1. The largest absolute Gasteiger partial charge is 0.506 e. The number of anilines is 1. The van der Waals surface area contributed by atoms with Crippen molar-refractivity contribution in [2.24, 2.45) is 5.92 Å². The van der Waals surface area contributed by atoms with E-state index in [0.717, 1.165) is 5.56 Å². The first-order valence-electron chi connectivity index (χ1n) is 10.2. The van der Waals surface area contributed by atoms with Gasteiger partial charge in [-0.15, -0.1) is 0 Å². The molecule has 0 aromatic heterocycles. The van der Waals surface area contributed by atoms with Crippen LogP contribution in [-0.4, -0.2) is 53.4 Å². The molecule has 3 rings (SSSR count). The Balaban J connectivity index is 1.47. The highest BCUT2D eigenvalue weighted by molar-refractivity contribution is 5.93. The summed E-state index contributed by atoms with van der Waals surface area (Å²) in [6, 6.07) is 12.7. The molecule has 1 atom stereocenters. The van der Waals surface area contributed by atoms with E-state index < -0.39 is 0 Å². The summed E-state index contributed by atoms with van der Waals surface area (Å²) in [5, 5.41) is 12.6. The molecule has 30 heavy (non-hydrogen) atoms. The highest BCUT2D eigenvalue weighted by Gasteiger charge is 2.27. The average Bonchev–Trinajstić information content (AvgIpc) is 2.75. The zero-order valence-corrected chi connectivity index (χ0v) is 17.3. The Bertz CT molecular complexity index is 880. The van der Waals surface area contributed by atoms with Gasteiger partial charge in [-0.3, -0.25) is 14.5 Å². The van der Waals surface area contributed by atoms with Crippen LogP contribution in [-0.2, 0) is 9.59 Å². The summed E-state index contributed by atoms with van der Waals surface area (Å²) < 4.78 is 13.1. The van der Waals surface area contributed by atoms with Crippen molar-refractivity contribution in [3.8, 4) is 5.75 Å². The van der Waals surface area contributed by atoms with Crippen LogP contribution < -0.4 is 5.32 Å². The second-order valence-electron chi connectivity index (χ2n) is 7.79. The molecule has 0 saturated carbocycles. The number of nitrogens with zero attached hydrogens (tertiary/aromatic N) is 2. The molecule has 0 aliphatic carbocycles. The molecule has 160 valence electrons. The smallest absolute Gasteiger partial charge is 0.236 e. The molecule has 0 spiro atoms. The highest BCUT2D eigenvalue weighted by atomic mass is 19.1. The van der Waals surface area contributed by atoms with Crippen LogP contribution in [0.2, 0.25) is 0 Å². The van der Waals surface area contributed by atoms with E-state index in [1.807, 2.05) is 6.92 Å². The van der Waals surface area contributed by atoms with Gasteiger partial charge in [0.05, 0.1) is 18.3 Å². The van der Waals surface area contributed by atoms with Crippen LogP contribution in [0, 0.1) is 11.7 Å². The molecule has 6 nitrogen and oxygen atoms in total. The fourth-order valence-electron chi connectivity index (χ4n) is 3.65. The zero-order valence-electron chi connectivity index (χ0n) is 17.3. The van der Waals surface area contributed by atoms with Crippen molar-refractivity contribution < 1.29 is 19.1 Å². The standard InChI is InChI=1S/C23H28FN3O3/c1-16(17-7-9-19(24)10-8-17)26(2)22(29)15-27-13-11-18(12-14-27)23(30)25-20-5-3-4-6-21(20)28/h3-10,16,18,28H,11-15H2,1-2H3,(H,25,30)/t16-/m0/s1. The predicted octanol–water partition coefficient (Wildman–Crippen LogP) is 3.40. The lowest BCUT2D eigenvalue weighted by Gasteiger charge is -2.33. The highest BCUT2D eigenvalue weighted by Crippen LogP contribution is 2.25. The van der Waals surface area contributed by atoms with E-state index in [2.05, 4.69) is 10.2 Å². The molecule has 2 amide bonds. The molecule has 0 unspecified atom stereocenters. The number of nitrogens with one attached hydrogen (secondary N) is 1. The monoisotopic (exact) mass is 413 g/mol. The number of para-hydroxylation sites is 2. The van der Waals surface area contributed by atoms with Gasteiger partial charge in [-0.1, -0.05) is 24.3 Å². The molecular weight excluding hydrogens is 385 g/mol. The Labute approximate surface area is 176 Å². The maximum Gasteiger partial charge on any atom is 0.236 e. The van der Waals surface area contributed by atoms with Crippen LogP contribution >= 0.6 is 0 Å². The minimum Gasteiger partial charge on any atom is -0.506 e. The molecule has 2 aromatic rings. The summed E-state index contributed by atoms with van der Waals surface area (Å²) in [7, 11) is 1.75. The Kier molecular flexibility index (Phi) is 7.05. The van der Waals surface area contributed by atoms with Crippen LogP contribution in [0.15, 0.2) is 48.5 Å². The molecule has 1 saturated heterocycles. The van der Waals surface area contributed by atoms with Gasteiger partial charge in [0, 0.05) is 13.0 Å². The van der Waals surface area contributed by atoms with E-state index in [1.54, 1.807) is 42.3 Å². The SMILES string of the molecule is C[C@@H](c1ccc(F)cc1)N(C)C(=O)CN1CCC(C(=O)Nc2ccccc2O)CC1. The number of benzene rings is 2. The number of rotatable bonds is 6. The van der Waals surface area contributed by atoms with E-state index in [9.17, 15) is 19.1 Å². The van der Waals surface area contributed by atoms with Crippen molar-refractivity contribution in [2.45, 2.75) is 25.8 Å². The number of hydrogen-bond acceptors (Lipinski definition) is 4. The third-order valence-electron chi connectivity index (χ3n) is 5.81. The average molecular weight is 413 g/mol. The van der Waals surface area contributed by atoms with Crippen LogP contribution in [0.3, 0.4) is 0 Å². The molecule has 1 fully saturated rings. The normalized spacial score (nSPS) is 16.1. The summed E-state index contributed by atoms with van der Waals surface area (Å²) in [6.45, 7) is 3.52. The molecule has 0 bridgehead atoms. The van der Waals surface area contributed by atoms with Crippen molar-refractivity contribution in [1.29, 1.82) is 0 Å². The first kappa shape index (κ1) is 21.8. The van der Waals surface area contributed by atoms with Gasteiger partial charge in [-0.2, -0.15) is 0 Å². The first-order valence-corrected chi connectivity index (χ1v) is 10.2. The fourth-order valence-corrected chi connectivity index (χ4v) is 3.65. The maximum atomic E-state index is 13.1. The molecule has 2 N–H and O–H groups in total. The van der Waals surface area contributed by atoms with Crippen LogP contribution in [0.1, 0.15) is 31.4 Å². The summed E-state index contributed by atoms with van der Waals surface area (Å²) >= 11 is 0. The van der Waals surface area contributed by atoms with Crippen molar-refractivity contribution in [3.05, 3.63) is 59.9 Å². The van der Waals surface area contributed by atoms with Crippen molar-refractivity contribution >= 4 is 17.5 Å². The lowest BCUT2D eigenvalue weighted by Crippen LogP contribution is -2.44.